The smallest absolute Gasteiger partial charge is 0.159 e. The van der Waals surface area contributed by atoms with Crippen LogP contribution in [-0.4, -0.2) is 30.2 Å². The van der Waals surface area contributed by atoms with Gasteiger partial charge in [0.15, 0.2) is 11.6 Å². The zero-order valence-electron chi connectivity index (χ0n) is 20.4. The number of nitrogens with two attached hydrogens (primary N) is 1. The van der Waals surface area contributed by atoms with Gasteiger partial charge in [0.1, 0.15) is 12.0 Å². The zero-order valence-corrected chi connectivity index (χ0v) is 20.4. The van der Waals surface area contributed by atoms with E-state index in [1.807, 2.05) is 0 Å². The lowest BCUT2D eigenvalue weighted by Crippen LogP contribution is -2.51. The summed E-state index contributed by atoms with van der Waals surface area (Å²) in [6, 6.07) is 0. The first-order valence-corrected chi connectivity index (χ1v) is 12.1. The molecule has 5 nitrogen and oxygen atoms in total. The number of hydrogen-bond donors (Lipinski definition) is 1. The molecule has 31 heavy (non-hydrogen) atoms. The molecule has 5 heteroatoms. The van der Waals surface area contributed by atoms with Crippen LogP contribution in [0.25, 0.3) is 0 Å². The van der Waals surface area contributed by atoms with Gasteiger partial charge in [0.2, 0.25) is 0 Å². The average molecular weight is 424 g/mol. The van der Waals surface area contributed by atoms with E-state index in [4.69, 9.17) is 5.73 Å². The van der Waals surface area contributed by atoms with E-state index < -0.39 is 0 Å². The lowest BCUT2D eigenvalue weighted by Gasteiger charge is -2.59. The number of rotatable bonds is 5. The lowest BCUT2D eigenvalue weighted by molar-refractivity contribution is -0.0779. The highest BCUT2D eigenvalue weighted by atomic mass is 15.4. The molecule has 1 fully saturated rings. The fourth-order valence-electron chi connectivity index (χ4n) is 6.61. The van der Waals surface area contributed by atoms with Crippen molar-refractivity contribution in [3.05, 3.63) is 30.1 Å². The van der Waals surface area contributed by atoms with E-state index in [2.05, 4.69) is 79.7 Å². The fraction of sp³-hybridized carbons (Fsp3) is 0.692. The van der Waals surface area contributed by atoms with E-state index >= 15 is 0 Å². The number of nitrogen functional groups attached to an aromatic ring is 1. The second kappa shape index (κ2) is 8.14. The average Bonchev–Trinajstić information content (AvgIpc) is 3.07. The van der Waals surface area contributed by atoms with Gasteiger partial charge in [0.25, 0.3) is 0 Å². The lowest BCUT2D eigenvalue weighted by atomic mass is 9.46. The summed E-state index contributed by atoms with van der Waals surface area (Å²) in [6.07, 6.45) is 15.3. The maximum atomic E-state index is 6.16. The molecule has 1 aromatic heterocycles. The Morgan fingerprint density at radius 3 is 2.84 bits per heavy atom. The van der Waals surface area contributed by atoms with Crippen LogP contribution < -0.4 is 15.5 Å². The molecule has 0 unspecified atom stereocenters. The molecule has 0 amide bonds. The zero-order chi connectivity index (χ0) is 22.4. The molecule has 0 bridgehead atoms. The number of allylic oxidation sites excluding steroid dienone is 3. The van der Waals surface area contributed by atoms with Gasteiger partial charge in [0.05, 0.1) is 6.67 Å². The van der Waals surface area contributed by atoms with E-state index in [1.54, 1.807) is 6.33 Å². The van der Waals surface area contributed by atoms with Crippen LogP contribution in [0.4, 0.5) is 17.3 Å². The molecule has 2 aliphatic carbocycles. The van der Waals surface area contributed by atoms with Gasteiger partial charge in [-0.1, -0.05) is 51.5 Å². The summed E-state index contributed by atoms with van der Waals surface area (Å²) in [5.41, 5.74) is 9.47. The summed E-state index contributed by atoms with van der Waals surface area (Å²) in [7, 11) is 2.06. The first-order valence-electron chi connectivity index (χ1n) is 12.1. The van der Waals surface area contributed by atoms with Crippen molar-refractivity contribution >= 4 is 17.3 Å². The van der Waals surface area contributed by atoms with E-state index in [0.29, 0.717) is 22.6 Å². The van der Waals surface area contributed by atoms with Gasteiger partial charge in [-0.3, -0.25) is 0 Å². The predicted molar refractivity (Wildman–Crippen MR) is 131 cm³/mol. The topological polar surface area (TPSA) is 58.3 Å². The maximum absolute atomic E-state index is 6.16. The molecule has 2 heterocycles. The third-order valence-corrected chi connectivity index (χ3v) is 9.28. The fourth-order valence-corrected chi connectivity index (χ4v) is 6.61. The van der Waals surface area contributed by atoms with E-state index in [-0.39, 0.29) is 0 Å². The SMILES string of the molecule is C/C(=C\CN1CN(C)c2ncnc(N)c21)CC[C@]1(C)[C@H]2CC=C[C@@H](C)[C@]2(C)CC[C@H]1C. The predicted octanol–water partition coefficient (Wildman–Crippen LogP) is 5.65. The summed E-state index contributed by atoms with van der Waals surface area (Å²) in [4.78, 5) is 13.0. The summed E-state index contributed by atoms with van der Waals surface area (Å²) in [6.45, 7) is 14.0. The Balaban J connectivity index is 1.44. The third-order valence-electron chi connectivity index (χ3n) is 9.28. The molecule has 4 rings (SSSR count). The molecule has 1 aliphatic heterocycles. The molecule has 0 radical (unpaired) electrons. The summed E-state index contributed by atoms with van der Waals surface area (Å²) >= 11 is 0. The van der Waals surface area contributed by atoms with E-state index in [9.17, 15) is 0 Å². The molecule has 1 saturated carbocycles. The molecule has 0 spiro atoms. The maximum Gasteiger partial charge on any atom is 0.159 e. The van der Waals surface area contributed by atoms with Crippen LogP contribution in [0.1, 0.15) is 66.7 Å². The van der Waals surface area contributed by atoms with Crippen molar-refractivity contribution in [1.82, 2.24) is 9.97 Å². The van der Waals surface area contributed by atoms with Gasteiger partial charge in [-0.05, 0) is 67.6 Å². The van der Waals surface area contributed by atoms with Crippen molar-refractivity contribution in [2.45, 2.75) is 66.7 Å². The van der Waals surface area contributed by atoms with Gasteiger partial charge in [0, 0.05) is 13.6 Å². The van der Waals surface area contributed by atoms with Crippen LogP contribution in [0.2, 0.25) is 0 Å². The Hall–Kier alpha value is -2.04. The molecule has 5 atom stereocenters. The largest absolute Gasteiger partial charge is 0.382 e. The number of hydrogen-bond acceptors (Lipinski definition) is 5. The summed E-state index contributed by atoms with van der Waals surface area (Å²) in [5, 5.41) is 0. The van der Waals surface area contributed by atoms with Gasteiger partial charge in [-0.2, -0.15) is 0 Å². The number of anilines is 3. The van der Waals surface area contributed by atoms with Crippen molar-refractivity contribution in [3.8, 4) is 0 Å². The minimum absolute atomic E-state index is 0.403. The van der Waals surface area contributed by atoms with Crippen molar-refractivity contribution in [3.63, 3.8) is 0 Å². The van der Waals surface area contributed by atoms with Crippen molar-refractivity contribution in [2.75, 3.05) is 35.8 Å². The molecule has 170 valence electrons. The van der Waals surface area contributed by atoms with Crippen LogP contribution >= 0.6 is 0 Å². The Morgan fingerprint density at radius 1 is 1.29 bits per heavy atom. The van der Waals surface area contributed by atoms with Crippen molar-refractivity contribution < 1.29 is 0 Å². The second-order valence-corrected chi connectivity index (χ2v) is 11.0. The summed E-state index contributed by atoms with van der Waals surface area (Å²) in [5.74, 6) is 3.76. The highest BCUT2D eigenvalue weighted by Crippen LogP contribution is 2.61. The van der Waals surface area contributed by atoms with Crippen LogP contribution in [0, 0.1) is 28.6 Å². The van der Waals surface area contributed by atoms with E-state index in [1.165, 1.54) is 37.7 Å². The second-order valence-electron chi connectivity index (χ2n) is 11.0. The van der Waals surface area contributed by atoms with Gasteiger partial charge in [-0.25, -0.2) is 9.97 Å². The first-order chi connectivity index (χ1) is 14.7. The Morgan fingerprint density at radius 2 is 2.06 bits per heavy atom. The van der Waals surface area contributed by atoms with Crippen LogP contribution in [0.3, 0.4) is 0 Å². The monoisotopic (exact) mass is 423 g/mol. The molecule has 0 saturated heterocycles. The van der Waals surface area contributed by atoms with Gasteiger partial charge >= 0.3 is 0 Å². The number of nitrogens with zero attached hydrogens (tertiary/aromatic N) is 4. The van der Waals surface area contributed by atoms with Gasteiger partial charge < -0.3 is 15.5 Å². The Bertz CT molecular complexity index is 877. The highest BCUT2D eigenvalue weighted by molar-refractivity contribution is 5.81. The van der Waals surface area contributed by atoms with E-state index in [0.717, 1.165) is 36.6 Å². The first kappa shape index (κ1) is 22.2. The normalized spacial score (nSPS) is 35.3. The van der Waals surface area contributed by atoms with Crippen LogP contribution in [-0.2, 0) is 0 Å². The van der Waals surface area contributed by atoms with Crippen LogP contribution in [0.15, 0.2) is 30.1 Å². The Kier molecular flexibility index (Phi) is 5.82. The molecule has 2 N–H and O–H groups in total. The van der Waals surface area contributed by atoms with Crippen LogP contribution in [0.5, 0.6) is 0 Å². The van der Waals surface area contributed by atoms with Gasteiger partial charge in [-0.15, -0.1) is 0 Å². The number of aromatic nitrogens is 2. The van der Waals surface area contributed by atoms with Crippen molar-refractivity contribution in [2.24, 2.45) is 28.6 Å². The van der Waals surface area contributed by atoms with Crippen molar-refractivity contribution in [1.29, 1.82) is 0 Å². The minimum atomic E-state index is 0.403. The molecule has 3 aliphatic rings. The molecular weight excluding hydrogens is 382 g/mol. The third kappa shape index (κ3) is 3.74. The molecule has 1 aromatic rings. The molecular formula is C26H41N5. The quantitative estimate of drug-likeness (QED) is 0.620. The molecule has 0 aromatic carbocycles. The Labute approximate surface area is 188 Å². The standard InChI is InChI=1S/C26H41N5/c1-18(12-15-31-17-30(6)24-22(31)23(27)28-16-29-24)10-13-25(4)20(3)11-14-26(5)19(2)8-7-9-21(25)26/h7-8,12,16,19-21H,9-11,13-15,17H2,1-6H3,(H2,27,28,29)/b18-12+/t19-,20-,21-,25+,26+/m1/s1. The highest BCUT2D eigenvalue weighted by Gasteiger charge is 2.53. The minimum Gasteiger partial charge on any atom is -0.382 e. The number of fused-ring (bicyclic) bond motifs is 2. The summed E-state index contributed by atoms with van der Waals surface area (Å²) < 4.78 is 0.